The van der Waals surface area contributed by atoms with E-state index in [-0.39, 0.29) is 12.5 Å². The standard InChI is InChI=1S/C16H21N9S/c1-2-3-7-20-15(19)25-16-24-13(9-26-16)12-6-4-5-11(23-12)8-21-14(18)22-10-17/h4-6,9H,2-3,7-8H2,1H3,(H3,18,21,22)(H3,19,20,24,25). The van der Waals surface area contributed by atoms with E-state index in [9.17, 15) is 0 Å². The van der Waals surface area contributed by atoms with E-state index in [4.69, 9.17) is 16.7 Å². The van der Waals surface area contributed by atoms with E-state index in [0.717, 1.165) is 24.2 Å². The molecule has 2 heterocycles. The molecule has 0 bridgehead atoms. The minimum atomic E-state index is 0.0534. The number of aromatic nitrogens is 2. The van der Waals surface area contributed by atoms with Gasteiger partial charge >= 0.3 is 0 Å². The van der Waals surface area contributed by atoms with Gasteiger partial charge in [-0.15, -0.1) is 11.3 Å². The van der Waals surface area contributed by atoms with Crippen molar-refractivity contribution in [2.75, 3.05) is 11.9 Å². The highest BCUT2D eigenvalue weighted by atomic mass is 32.1. The minimum Gasteiger partial charge on any atom is -0.370 e. The van der Waals surface area contributed by atoms with Gasteiger partial charge in [0.25, 0.3) is 0 Å². The van der Waals surface area contributed by atoms with Crippen LogP contribution in [0.15, 0.2) is 33.6 Å². The van der Waals surface area contributed by atoms with Gasteiger partial charge in [0.2, 0.25) is 5.96 Å². The molecule has 136 valence electrons. The van der Waals surface area contributed by atoms with E-state index >= 15 is 0 Å². The normalized spacial score (nSPS) is 11.8. The van der Waals surface area contributed by atoms with Crippen LogP contribution in [0.25, 0.3) is 11.4 Å². The maximum atomic E-state index is 8.48. The second-order valence-corrected chi connectivity index (χ2v) is 6.09. The summed E-state index contributed by atoms with van der Waals surface area (Å²) < 4.78 is 0. The number of hydrogen-bond acceptors (Lipinski definition) is 6. The number of guanidine groups is 2. The zero-order chi connectivity index (χ0) is 18.8. The van der Waals surface area contributed by atoms with Gasteiger partial charge in [-0.05, 0) is 18.6 Å². The highest BCUT2D eigenvalue weighted by Gasteiger charge is 2.07. The van der Waals surface area contributed by atoms with Crippen molar-refractivity contribution < 1.29 is 0 Å². The lowest BCUT2D eigenvalue weighted by Gasteiger charge is -2.02. The fraction of sp³-hybridized carbons (Fsp3) is 0.312. The number of pyridine rings is 1. The molecule has 26 heavy (non-hydrogen) atoms. The molecule has 0 aliphatic heterocycles. The van der Waals surface area contributed by atoms with Gasteiger partial charge in [-0.3, -0.25) is 10.3 Å². The zero-order valence-corrected chi connectivity index (χ0v) is 15.3. The summed E-state index contributed by atoms with van der Waals surface area (Å²) in [6.45, 7) is 3.06. The highest BCUT2D eigenvalue weighted by Crippen LogP contribution is 2.23. The summed E-state index contributed by atoms with van der Waals surface area (Å²) in [6, 6.07) is 5.56. The van der Waals surface area contributed by atoms with E-state index in [1.807, 2.05) is 23.6 Å². The molecule has 0 saturated heterocycles. The van der Waals surface area contributed by atoms with E-state index in [1.54, 1.807) is 6.19 Å². The van der Waals surface area contributed by atoms with Crippen LogP contribution in [-0.2, 0) is 6.54 Å². The van der Waals surface area contributed by atoms with Gasteiger partial charge in [0.1, 0.15) is 5.69 Å². The molecule has 0 radical (unpaired) electrons. The van der Waals surface area contributed by atoms with Crippen LogP contribution in [-0.4, -0.2) is 28.4 Å². The van der Waals surface area contributed by atoms with Crippen LogP contribution < -0.4 is 22.1 Å². The molecule has 0 amide bonds. The maximum Gasteiger partial charge on any atom is 0.202 e. The Kier molecular flexibility index (Phi) is 7.32. The van der Waals surface area contributed by atoms with Crippen LogP contribution in [0.5, 0.6) is 0 Å². The minimum absolute atomic E-state index is 0.0534. The Morgan fingerprint density at radius 1 is 1.23 bits per heavy atom. The Balaban J connectivity index is 2.05. The lowest BCUT2D eigenvalue weighted by molar-refractivity contribution is 0.807. The zero-order valence-electron chi connectivity index (χ0n) is 14.4. The fourth-order valence-corrected chi connectivity index (χ4v) is 2.64. The van der Waals surface area contributed by atoms with Crippen molar-refractivity contribution in [2.45, 2.75) is 26.3 Å². The van der Waals surface area contributed by atoms with Crippen LogP contribution in [0.2, 0.25) is 0 Å². The molecular weight excluding hydrogens is 350 g/mol. The molecule has 6 N–H and O–H groups in total. The summed E-state index contributed by atoms with van der Waals surface area (Å²) in [7, 11) is 0. The second kappa shape index (κ2) is 9.95. The van der Waals surface area contributed by atoms with Crippen molar-refractivity contribution in [1.82, 2.24) is 15.3 Å². The van der Waals surface area contributed by atoms with Gasteiger partial charge in [0, 0.05) is 11.9 Å². The predicted molar refractivity (Wildman–Crippen MR) is 104 cm³/mol. The van der Waals surface area contributed by atoms with Crippen molar-refractivity contribution in [3.63, 3.8) is 0 Å². The molecular formula is C16H21N9S. The number of anilines is 1. The third-order valence-corrected chi connectivity index (χ3v) is 3.96. The number of aliphatic imine (C=N–C) groups is 2. The number of nitrogens with one attached hydrogen (secondary N) is 2. The lowest BCUT2D eigenvalue weighted by atomic mass is 10.2. The first-order chi connectivity index (χ1) is 12.6. The molecule has 0 aromatic carbocycles. The molecule has 2 rings (SSSR count). The fourth-order valence-electron chi connectivity index (χ4n) is 1.93. The summed E-state index contributed by atoms with van der Waals surface area (Å²) >= 11 is 1.43. The predicted octanol–water partition coefficient (Wildman–Crippen LogP) is 1.62. The van der Waals surface area contributed by atoms with Crippen LogP contribution in [0.3, 0.4) is 0 Å². The molecule has 0 aliphatic rings. The van der Waals surface area contributed by atoms with Crippen molar-refractivity contribution >= 4 is 28.4 Å². The molecule has 0 saturated carbocycles. The first-order valence-electron chi connectivity index (χ1n) is 8.06. The van der Waals surface area contributed by atoms with Crippen LogP contribution in [0, 0.1) is 11.5 Å². The molecule has 2 aromatic heterocycles. The van der Waals surface area contributed by atoms with Crippen molar-refractivity contribution in [1.29, 1.82) is 5.26 Å². The van der Waals surface area contributed by atoms with E-state index in [1.165, 1.54) is 11.3 Å². The first-order valence-corrected chi connectivity index (χ1v) is 8.94. The number of rotatable bonds is 7. The monoisotopic (exact) mass is 371 g/mol. The van der Waals surface area contributed by atoms with Crippen molar-refractivity contribution in [3.8, 4) is 17.6 Å². The van der Waals surface area contributed by atoms with Crippen LogP contribution in [0.4, 0.5) is 5.13 Å². The van der Waals surface area contributed by atoms with E-state index in [0.29, 0.717) is 23.3 Å². The van der Waals surface area contributed by atoms with E-state index < -0.39 is 0 Å². The average molecular weight is 371 g/mol. The third-order valence-electron chi connectivity index (χ3n) is 3.20. The van der Waals surface area contributed by atoms with Gasteiger partial charge in [0.15, 0.2) is 17.3 Å². The van der Waals surface area contributed by atoms with Crippen molar-refractivity contribution in [2.24, 2.45) is 21.5 Å². The third kappa shape index (κ3) is 6.03. The quantitative estimate of drug-likeness (QED) is 0.190. The molecule has 0 unspecified atom stereocenters. The van der Waals surface area contributed by atoms with Gasteiger partial charge in [-0.25, -0.2) is 15.0 Å². The number of nitriles is 1. The summed E-state index contributed by atoms with van der Waals surface area (Å²) in [6.07, 6.45) is 3.78. The second-order valence-electron chi connectivity index (χ2n) is 5.24. The van der Waals surface area contributed by atoms with Gasteiger partial charge in [-0.2, -0.15) is 5.26 Å². The Morgan fingerprint density at radius 3 is 2.85 bits per heavy atom. The number of nitrogens with zero attached hydrogens (tertiary/aromatic N) is 5. The topological polar surface area (TPSA) is 150 Å². The Bertz CT molecular complexity index is 819. The Labute approximate surface area is 155 Å². The summed E-state index contributed by atoms with van der Waals surface area (Å²) in [5.41, 5.74) is 13.5. The molecule has 0 aliphatic carbocycles. The Hall–Kier alpha value is -3.19. The number of unbranched alkanes of at least 4 members (excludes halogenated alkanes) is 1. The largest absolute Gasteiger partial charge is 0.370 e. The Morgan fingerprint density at radius 2 is 2.08 bits per heavy atom. The number of hydrogen-bond donors (Lipinski definition) is 4. The van der Waals surface area contributed by atoms with Gasteiger partial charge in [-0.1, -0.05) is 19.4 Å². The van der Waals surface area contributed by atoms with E-state index in [2.05, 4.69) is 37.5 Å². The smallest absolute Gasteiger partial charge is 0.202 e. The number of thiazole rings is 1. The van der Waals surface area contributed by atoms with Crippen LogP contribution >= 0.6 is 11.3 Å². The summed E-state index contributed by atoms with van der Waals surface area (Å²) in [5, 5.41) is 16.3. The molecule has 2 aromatic rings. The SMILES string of the molecule is CCCCN=C(N)Nc1nc(-c2cccc(CN=C(N)NC#N)n2)cs1. The summed E-state index contributed by atoms with van der Waals surface area (Å²) in [5.74, 6) is 0.411. The highest BCUT2D eigenvalue weighted by molar-refractivity contribution is 7.14. The average Bonchev–Trinajstić information content (AvgIpc) is 3.09. The molecule has 0 atom stereocenters. The molecule has 9 nitrogen and oxygen atoms in total. The lowest BCUT2D eigenvalue weighted by Crippen LogP contribution is -2.27. The van der Waals surface area contributed by atoms with Gasteiger partial charge in [0.05, 0.1) is 17.9 Å². The van der Waals surface area contributed by atoms with Crippen LogP contribution in [0.1, 0.15) is 25.5 Å². The molecule has 0 fully saturated rings. The number of nitrogens with two attached hydrogens (primary N) is 2. The first kappa shape index (κ1) is 19.1. The molecule has 10 heteroatoms. The summed E-state index contributed by atoms with van der Waals surface area (Å²) in [4.78, 5) is 17.3. The van der Waals surface area contributed by atoms with Gasteiger partial charge < -0.3 is 16.8 Å². The van der Waals surface area contributed by atoms with Crippen molar-refractivity contribution in [3.05, 3.63) is 29.3 Å². The maximum absolute atomic E-state index is 8.48. The molecule has 0 spiro atoms.